The van der Waals surface area contributed by atoms with Crippen LogP contribution in [0.3, 0.4) is 0 Å². The molecule has 1 fully saturated rings. The second kappa shape index (κ2) is 9.06. The maximum Gasteiger partial charge on any atom is 0.244 e. The molecule has 1 aromatic carbocycles. The van der Waals surface area contributed by atoms with E-state index in [-0.39, 0.29) is 30.8 Å². The van der Waals surface area contributed by atoms with Crippen molar-refractivity contribution in [2.75, 3.05) is 26.2 Å². The Labute approximate surface area is 180 Å². The van der Waals surface area contributed by atoms with Gasteiger partial charge in [-0.25, -0.2) is 8.42 Å². The number of nitrogens with one attached hydrogen (secondary N) is 1. The first-order valence-electron chi connectivity index (χ1n) is 10.5. The first kappa shape index (κ1) is 24.3. The minimum atomic E-state index is -3.66. The number of sulfonamides is 1. The van der Waals surface area contributed by atoms with Gasteiger partial charge >= 0.3 is 0 Å². The summed E-state index contributed by atoms with van der Waals surface area (Å²) < 4.78 is 28.4. The molecule has 2 amide bonds. The molecule has 1 aliphatic heterocycles. The molecule has 1 unspecified atom stereocenters. The molecule has 1 aromatic rings. The summed E-state index contributed by atoms with van der Waals surface area (Å²) in [6.45, 7) is 16.0. The van der Waals surface area contributed by atoms with Crippen LogP contribution in [0.15, 0.2) is 4.90 Å². The van der Waals surface area contributed by atoms with Gasteiger partial charge in [0, 0.05) is 32.1 Å². The van der Waals surface area contributed by atoms with Gasteiger partial charge in [0.15, 0.2) is 0 Å². The van der Waals surface area contributed by atoms with Gasteiger partial charge in [-0.3, -0.25) is 9.59 Å². The average Bonchev–Trinajstić information content (AvgIpc) is 2.70. The summed E-state index contributed by atoms with van der Waals surface area (Å²) in [6, 6.07) is -0.630. The number of rotatable bonds is 5. The Balaban J connectivity index is 2.17. The Morgan fingerprint density at radius 1 is 0.800 bits per heavy atom. The van der Waals surface area contributed by atoms with E-state index in [0.717, 1.165) is 27.8 Å². The lowest BCUT2D eigenvalue weighted by Crippen LogP contribution is -2.55. The number of nitrogens with zero attached hydrogens (tertiary/aromatic N) is 2. The fourth-order valence-electron chi connectivity index (χ4n) is 3.85. The Bertz CT molecular complexity index is 917. The number of amides is 2. The first-order valence-corrected chi connectivity index (χ1v) is 11.9. The van der Waals surface area contributed by atoms with Gasteiger partial charge in [0.05, 0.1) is 4.90 Å². The zero-order chi connectivity index (χ0) is 23.0. The summed E-state index contributed by atoms with van der Waals surface area (Å²) in [7, 11) is -3.66. The Morgan fingerprint density at radius 3 is 1.67 bits per heavy atom. The van der Waals surface area contributed by atoms with Crippen LogP contribution >= 0.6 is 0 Å². The largest absolute Gasteiger partial charge is 0.344 e. The van der Waals surface area contributed by atoms with Crippen molar-refractivity contribution in [2.45, 2.75) is 66.3 Å². The van der Waals surface area contributed by atoms with Gasteiger partial charge < -0.3 is 10.2 Å². The van der Waals surface area contributed by atoms with E-state index in [1.165, 1.54) is 4.31 Å². The number of benzene rings is 1. The summed E-state index contributed by atoms with van der Waals surface area (Å²) in [4.78, 5) is 26.5. The molecule has 7 nitrogen and oxygen atoms in total. The van der Waals surface area contributed by atoms with Crippen molar-refractivity contribution in [3.63, 3.8) is 0 Å². The van der Waals surface area contributed by atoms with E-state index in [1.54, 1.807) is 25.7 Å². The maximum atomic E-state index is 13.4. The van der Waals surface area contributed by atoms with E-state index < -0.39 is 16.1 Å². The molecule has 1 atom stereocenters. The summed E-state index contributed by atoms with van der Waals surface area (Å²) in [6.07, 6.45) is 0. The molecule has 0 aromatic heterocycles. The zero-order valence-electron chi connectivity index (χ0n) is 19.4. The Morgan fingerprint density at radius 2 is 1.23 bits per heavy atom. The van der Waals surface area contributed by atoms with Crippen molar-refractivity contribution in [3.05, 3.63) is 27.8 Å². The van der Waals surface area contributed by atoms with Crippen LogP contribution in [0.2, 0.25) is 0 Å². The fraction of sp³-hybridized carbons (Fsp3) is 0.636. The normalized spacial score (nSPS) is 16.6. The third kappa shape index (κ3) is 4.54. The van der Waals surface area contributed by atoms with Crippen LogP contribution in [-0.4, -0.2) is 61.7 Å². The van der Waals surface area contributed by atoms with E-state index in [1.807, 2.05) is 34.6 Å². The topological polar surface area (TPSA) is 86.8 Å². The molecule has 30 heavy (non-hydrogen) atoms. The van der Waals surface area contributed by atoms with Gasteiger partial charge in [0.1, 0.15) is 6.04 Å². The number of hydrogen-bond acceptors (Lipinski definition) is 4. The molecule has 0 saturated carbocycles. The summed E-state index contributed by atoms with van der Waals surface area (Å²) >= 11 is 0. The van der Waals surface area contributed by atoms with E-state index in [0.29, 0.717) is 18.0 Å². The molecule has 1 aliphatic rings. The number of carbonyl (C=O) groups excluding carboxylic acids is 2. The van der Waals surface area contributed by atoms with Crippen LogP contribution < -0.4 is 5.32 Å². The zero-order valence-corrected chi connectivity index (χ0v) is 20.2. The highest BCUT2D eigenvalue weighted by Gasteiger charge is 2.34. The molecule has 8 heteroatoms. The fourth-order valence-corrected chi connectivity index (χ4v) is 5.83. The highest BCUT2D eigenvalue weighted by atomic mass is 32.2. The van der Waals surface area contributed by atoms with Crippen molar-refractivity contribution in [1.29, 1.82) is 0 Å². The molecule has 1 saturated heterocycles. The SMILES string of the molecule is Cc1c(C)c(C)c(S(=O)(=O)N2CCN(C(=O)C(C)NC(=O)C(C)C)CC2)c(C)c1C. The lowest BCUT2D eigenvalue weighted by Gasteiger charge is -2.36. The highest BCUT2D eigenvalue weighted by Crippen LogP contribution is 2.31. The second-order valence-corrected chi connectivity index (χ2v) is 10.4. The van der Waals surface area contributed by atoms with E-state index >= 15 is 0 Å². The molecule has 0 aliphatic carbocycles. The quantitative estimate of drug-likeness (QED) is 0.765. The van der Waals surface area contributed by atoms with Gasteiger partial charge in [0.2, 0.25) is 21.8 Å². The predicted molar refractivity (Wildman–Crippen MR) is 118 cm³/mol. The van der Waals surface area contributed by atoms with Crippen LogP contribution in [-0.2, 0) is 19.6 Å². The molecular formula is C22H35N3O4S. The van der Waals surface area contributed by atoms with E-state index in [4.69, 9.17) is 0 Å². The van der Waals surface area contributed by atoms with Crippen LogP contribution in [0.5, 0.6) is 0 Å². The highest BCUT2D eigenvalue weighted by molar-refractivity contribution is 7.89. The average molecular weight is 438 g/mol. The molecule has 1 N–H and O–H groups in total. The van der Waals surface area contributed by atoms with Gasteiger partial charge in [-0.2, -0.15) is 4.31 Å². The van der Waals surface area contributed by atoms with Crippen LogP contribution in [0.25, 0.3) is 0 Å². The minimum Gasteiger partial charge on any atom is -0.344 e. The number of carbonyl (C=O) groups is 2. The Kier molecular flexibility index (Phi) is 7.35. The van der Waals surface area contributed by atoms with E-state index in [2.05, 4.69) is 5.32 Å². The molecular weight excluding hydrogens is 402 g/mol. The monoisotopic (exact) mass is 437 g/mol. The smallest absolute Gasteiger partial charge is 0.244 e. The molecule has 168 valence electrons. The minimum absolute atomic E-state index is 0.173. The summed E-state index contributed by atoms with van der Waals surface area (Å²) in [5.41, 5.74) is 4.70. The van der Waals surface area contributed by atoms with Crippen molar-refractivity contribution in [2.24, 2.45) is 5.92 Å². The second-order valence-electron chi connectivity index (χ2n) is 8.57. The van der Waals surface area contributed by atoms with Crippen molar-refractivity contribution in [3.8, 4) is 0 Å². The number of hydrogen-bond donors (Lipinski definition) is 1. The first-order chi connectivity index (χ1) is 13.8. The van der Waals surface area contributed by atoms with E-state index in [9.17, 15) is 18.0 Å². The maximum absolute atomic E-state index is 13.4. The molecule has 0 bridgehead atoms. The van der Waals surface area contributed by atoms with Crippen molar-refractivity contribution < 1.29 is 18.0 Å². The number of piperazine rings is 1. The van der Waals surface area contributed by atoms with Crippen LogP contribution in [0.1, 0.15) is 48.6 Å². The predicted octanol–water partition coefficient (Wildman–Crippen LogP) is 2.22. The van der Waals surface area contributed by atoms with Crippen molar-refractivity contribution >= 4 is 21.8 Å². The molecule has 0 spiro atoms. The standard InChI is InChI=1S/C22H35N3O4S/c1-13(2)21(26)23-19(8)22(27)24-9-11-25(12-10-24)30(28,29)20-17(6)15(4)14(3)16(5)18(20)7/h13,19H,9-12H2,1-8H3,(H,23,26). The summed E-state index contributed by atoms with van der Waals surface area (Å²) in [5, 5.41) is 2.71. The molecule has 1 heterocycles. The van der Waals surface area contributed by atoms with Gasteiger partial charge in [-0.15, -0.1) is 0 Å². The van der Waals surface area contributed by atoms with Gasteiger partial charge in [-0.1, -0.05) is 13.8 Å². The lowest BCUT2D eigenvalue weighted by atomic mass is 9.95. The third-order valence-electron chi connectivity index (χ3n) is 6.33. The Hall–Kier alpha value is -1.93. The summed E-state index contributed by atoms with van der Waals surface area (Å²) in [5.74, 6) is -0.557. The molecule has 2 rings (SSSR count). The van der Waals surface area contributed by atoms with Crippen LogP contribution in [0.4, 0.5) is 0 Å². The third-order valence-corrected chi connectivity index (χ3v) is 8.51. The van der Waals surface area contributed by atoms with Gasteiger partial charge in [0.25, 0.3) is 0 Å². The van der Waals surface area contributed by atoms with Crippen molar-refractivity contribution in [1.82, 2.24) is 14.5 Å². The molecule has 0 radical (unpaired) electrons. The van der Waals surface area contributed by atoms with Crippen LogP contribution in [0, 0.1) is 40.5 Å². The van der Waals surface area contributed by atoms with Gasteiger partial charge in [-0.05, 0) is 69.4 Å². The lowest BCUT2D eigenvalue weighted by molar-refractivity contribution is -0.137.